The summed E-state index contributed by atoms with van der Waals surface area (Å²) in [7, 11) is 3.59. The van der Waals surface area contributed by atoms with E-state index in [1.165, 1.54) is 12.1 Å². The quantitative estimate of drug-likeness (QED) is 0.689. The molecule has 1 heterocycles. The Labute approximate surface area is 150 Å². The maximum absolute atomic E-state index is 12.7. The molecule has 1 saturated carbocycles. The van der Waals surface area contributed by atoms with Crippen LogP contribution >= 0.6 is 0 Å². The van der Waals surface area contributed by atoms with Gasteiger partial charge < -0.3 is 15.4 Å². The van der Waals surface area contributed by atoms with Crippen molar-refractivity contribution in [1.29, 1.82) is 0 Å². The largest absolute Gasteiger partial charge is 0.435 e. The molecule has 1 aliphatic carbocycles. The highest BCUT2D eigenvalue weighted by Gasteiger charge is 2.47. The minimum atomic E-state index is -2.87. The molecule has 2 atom stereocenters. The van der Waals surface area contributed by atoms with Crippen LogP contribution in [0.1, 0.15) is 24.8 Å². The van der Waals surface area contributed by atoms with Crippen LogP contribution in [0.15, 0.2) is 24.3 Å². The highest BCUT2D eigenvalue weighted by Crippen LogP contribution is 2.46. The second-order valence-electron chi connectivity index (χ2n) is 6.83. The lowest BCUT2D eigenvalue weighted by molar-refractivity contribution is -0.134. The van der Waals surface area contributed by atoms with Crippen molar-refractivity contribution in [3.8, 4) is 5.75 Å². The van der Waals surface area contributed by atoms with E-state index in [1.807, 2.05) is 0 Å². The van der Waals surface area contributed by atoms with Crippen molar-refractivity contribution >= 4 is 11.8 Å². The summed E-state index contributed by atoms with van der Waals surface area (Å²) in [6.45, 7) is -2.87. The zero-order valence-electron chi connectivity index (χ0n) is 14.6. The van der Waals surface area contributed by atoms with Gasteiger partial charge in [0, 0.05) is 0 Å². The summed E-state index contributed by atoms with van der Waals surface area (Å²) in [6, 6.07) is 5.64. The fourth-order valence-corrected chi connectivity index (χ4v) is 3.02. The first kappa shape index (κ1) is 18.5. The monoisotopic (exact) mass is 368 g/mol. The van der Waals surface area contributed by atoms with Crippen molar-refractivity contribution in [2.24, 2.45) is 0 Å². The SMILES string of the molecule is CN(C)C1NC(=O)CC(C(=O)NC2(c3ccc(OC(F)F)cc3)CC2)N1. The van der Waals surface area contributed by atoms with E-state index in [0.717, 1.165) is 18.4 Å². The van der Waals surface area contributed by atoms with Gasteiger partial charge in [-0.15, -0.1) is 0 Å². The molecule has 0 aromatic heterocycles. The molecule has 3 rings (SSSR count). The maximum Gasteiger partial charge on any atom is 0.387 e. The van der Waals surface area contributed by atoms with Crippen LogP contribution in [0.2, 0.25) is 0 Å². The van der Waals surface area contributed by atoms with Gasteiger partial charge >= 0.3 is 6.61 Å². The lowest BCUT2D eigenvalue weighted by atomic mass is 10.0. The zero-order chi connectivity index (χ0) is 18.9. The second-order valence-corrected chi connectivity index (χ2v) is 6.83. The predicted molar refractivity (Wildman–Crippen MR) is 89.3 cm³/mol. The zero-order valence-corrected chi connectivity index (χ0v) is 14.6. The van der Waals surface area contributed by atoms with Gasteiger partial charge in [-0.05, 0) is 44.6 Å². The summed E-state index contributed by atoms with van der Waals surface area (Å²) in [4.78, 5) is 26.3. The fraction of sp³-hybridized carbons (Fsp3) is 0.529. The number of amides is 2. The molecule has 2 aliphatic rings. The fourth-order valence-electron chi connectivity index (χ4n) is 3.02. The molecule has 0 radical (unpaired) electrons. The number of nitrogens with one attached hydrogen (secondary N) is 3. The Bertz CT molecular complexity index is 677. The third-order valence-corrected chi connectivity index (χ3v) is 4.62. The lowest BCUT2D eigenvalue weighted by Crippen LogP contribution is -2.65. The highest BCUT2D eigenvalue weighted by molar-refractivity contribution is 5.90. The summed E-state index contributed by atoms with van der Waals surface area (Å²) in [5, 5.41) is 8.85. The number of hydrogen-bond donors (Lipinski definition) is 3. The van der Waals surface area contributed by atoms with Gasteiger partial charge in [-0.3, -0.25) is 19.8 Å². The van der Waals surface area contributed by atoms with Crippen LogP contribution in [0.5, 0.6) is 5.75 Å². The predicted octanol–water partition coefficient (Wildman–Crippen LogP) is 0.717. The van der Waals surface area contributed by atoms with E-state index in [1.54, 1.807) is 31.1 Å². The number of ether oxygens (including phenoxy) is 1. The average molecular weight is 368 g/mol. The number of carbonyl (C=O) groups excluding carboxylic acids is 2. The third kappa shape index (κ3) is 4.10. The third-order valence-electron chi connectivity index (χ3n) is 4.62. The van der Waals surface area contributed by atoms with Gasteiger partial charge in [0.25, 0.3) is 0 Å². The van der Waals surface area contributed by atoms with Crippen LogP contribution in [0.4, 0.5) is 8.78 Å². The number of rotatable bonds is 6. The normalized spacial score (nSPS) is 24.3. The first-order valence-electron chi connectivity index (χ1n) is 8.38. The van der Waals surface area contributed by atoms with Gasteiger partial charge in [0.2, 0.25) is 11.8 Å². The first-order valence-corrected chi connectivity index (χ1v) is 8.38. The molecule has 1 saturated heterocycles. The molecule has 2 amide bonds. The summed E-state index contributed by atoms with van der Waals surface area (Å²) < 4.78 is 28.8. The van der Waals surface area contributed by atoms with Crippen molar-refractivity contribution in [2.45, 2.75) is 43.7 Å². The molecule has 7 nitrogen and oxygen atoms in total. The molecule has 3 N–H and O–H groups in total. The number of carbonyl (C=O) groups is 2. The summed E-state index contributed by atoms with van der Waals surface area (Å²) in [5.41, 5.74) is 0.320. The molecule has 142 valence electrons. The van der Waals surface area contributed by atoms with Gasteiger partial charge in [-0.2, -0.15) is 8.78 Å². The molecule has 0 spiro atoms. The molecule has 1 aliphatic heterocycles. The number of hydrogen-bond acceptors (Lipinski definition) is 5. The van der Waals surface area contributed by atoms with Crippen molar-refractivity contribution in [1.82, 2.24) is 20.9 Å². The van der Waals surface area contributed by atoms with Crippen molar-refractivity contribution in [2.75, 3.05) is 14.1 Å². The highest BCUT2D eigenvalue weighted by atomic mass is 19.3. The topological polar surface area (TPSA) is 82.7 Å². The Morgan fingerprint density at radius 1 is 1.31 bits per heavy atom. The van der Waals surface area contributed by atoms with E-state index in [2.05, 4.69) is 20.7 Å². The number of alkyl halides is 2. The summed E-state index contributed by atoms with van der Waals surface area (Å²) >= 11 is 0. The Hall–Kier alpha value is -2.26. The van der Waals surface area contributed by atoms with Gasteiger partial charge in [0.1, 0.15) is 12.0 Å². The molecule has 2 fully saturated rings. The Balaban J connectivity index is 1.66. The number of benzene rings is 1. The van der Waals surface area contributed by atoms with Gasteiger partial charge in [-0.25, -0.2) is 0 Å². The summed E-state index contributed by atoms with van der Waals surface area (Å²) in [6.07, 6.45) is 1.16. The van der Waals surface area contributed by atoms with E-state index >= 15 is 0 Å². The van der Waals surface area contributed by atoms with Crippen LogP contribution in [-0.2, 0) is 15.1 Å². The van der Waals surface area contributed by atoms with Crippen LogP contribution in [0, 0.1) is 0 Å². The molecule has 0 bridgehead atoms. The lowest BCUT2D eigenvalue weighted by Gasteiger charge is -2.35. The van der Waals surface area contributed by atoms with Gasteiger partial charge in [0.05, 0.1) is 18.0 Å². The van der Waals surface area contributed by atoms with Crippen LogP contribution in [-0.4, -0.2) is 49.8 Å². The number of nitrogens with zero attached hydrogens (tertiary/aromatic N) is 1. The maximum atomic E-state index is 12.7. The van der Waals surface area contributed by atoms with Crippen LogP contribution < -0.4 is 20.7 Å². The van der Waals surface area contributed by atoms with E-state index in [4.69, 9.17) is 0 Å². The van der Waals surface area contributed by atoms with E-state index in [0.29, 0.717) is 0 Å². The molecule has 1 aromatic rings. The van der Waals surface area contributed by atoms with E-state index in [-0.39, 0.29) is 24.0 Å². The van der Waals surface area contributed by atoms with Gasteiger partial charge in [-0.1, -0.05) is 12.1 Å². The Kier molecular flexibility index (Phi) is 5.10. The van der Waals surface area contributed by atoms with E-state index < -0.39 is 24.5 Å². The molecule has 1 aromatic carbocycles. The standard InChI is InChI=1S/C17H22F2N4O3/c1-23(2)16-20-12(9-13(24)21-16)14(25)22-17(7-8-17)10-3-5-11(6-4-10)26-15(18)19/h3-6,12,15-16,20H,7-9H2,1-2H3,(H,21,24)(H,22,25). The van der Waals surface area contributed by atoms with Crippen molar-refractivity contribution in [3.05, 3.63) is 29.8 Å². The van der Waals surface area contributed by atoms with E-state index in [9.17, 15) is 18.4 Å². The molecule has 9 heteroatoms. The Morgan fingerprint density at radius 3 is 2.50 bits per heavy atom. The smallest absolute Gasteiger partial charge is 0.387 e. The molecular formula is C17H22F2N4O3. The average Bonchev–Trinajstić information content (AvgIpc) is 3.35. The minimum absolute atomic E-state index is 0.0629. The Morgan fingerprint density at radius 2 is 1.96 bits per heavy atom. The molecular weight excluding hydrogens is 346 g/mol. The summed E-state index contributed by atoms with van der Waals surface area (Å²) in [5.74, 6) is -0.372. The van der Waals surface area contributed by atoms with Crippen molar-refractivity contribution < 1.29 is 23.1 Å². The van der Waals surface area contributed by atoms with Crippen LogP contribution in [0.25, 0.3) is 0 Å². The van der Waals surface area contributed by atoms with Crippen LogP contribution in [0.3, 0.4) is 0 Å². The molecule has 2 unspecified atom stereocenters. The van der Waals surface area contributed by atoms with Crippen molar-refractivity contribution in [3.63, 3.8) is 0 Å². The number of halogens is 2. The van der Waals surface area contributed by atoms with Gasteiger partial charge in [0.15, 0.2) is 0 Å². The first-order chi connectivity index (χ1) is 12.3. The molecule has 26 heavy (non-hydrogen) atoms. The second kappa shape index (κ2) is 7.16. The minimum Gasteiger partial charge on any atom is -0.435 e.